The van der Waals surface area contributed by atoms with Gasteiger partial charge in [-0.2, -0.15) is 0 Å². The number of aryl methyl sites for hydroxylation is 1. The predicted molar refractivity (Wildman–Crippen MR) is 78.4 cm³/mol. The molecule has 0 atom stereocenters. The molecule has 2 rings (SSSR count). The molecule has 0 radical (unpaired) electrons. The topological polar surface area (TPSA) is 56.5 Å². The summed E-state index contributed by atoms with van der Waals surface area (Å²) in [4.78, 5) is 0. The molecule has 2 aromatic rings. The molecule has 4 nitrogen and oxygen atoms in total. The minimum Gasteiger partial charge on any atom is -0.497 e. The van der Waals surface area contributed by atoms with Crippen LogP contribution in [-0.4, -0.2) is 14.2 Å². The summed E-state index contributed by atoms with van der Waals surface area (Å²) in [5.74, 6) is 1.50. The summed E-state index contributed by atoms with van der Waals surface area (Å²) in [5, 5.41) is 3.28. The SMILES string of the molecule is COc1ccc(OC)c(Nc2cc(C)ccc2N)c1. The van der Waals surface area contributed by atoms with Gasteiger partial charge in [-0.1, -0.05) is 6.07 Å². The standard InChI is InChI=1S/C15H18N2O2/c1-10-4-6-12(16)13(8-10)17-14-9-11(18-2)5-7-15(14)19-3/h4-9,17H,16H2,1-3H3. The highest BCUT2D eigenvalue weighted by Gasteiger charge is 2.07. The van der Waals surface area contributed by atoms with E-state index in [0.29, 0.717) is 5.69 Å². The first-order valence-corrected chi connectivity index (χ1v) is 5.99. The van der Waals surface area contributed by atoms with E-state index in [1.54, 1.807) is 14.2 Å². The summed E-state index contributed by atoms with van der Waals surface area (Å²) in [6.07, 6.45) is 0. The van der Waals surface area contributed by atoms with Crippen LogP contribution in [0.2, 0.25) is 0 Å². The van der Waals surface area contributed by atoms with Crippen molar-refractivity contribution in [2.24, 2.45) is 0 Å². The molecule has 0 aliphatic heterocycles. The second kappa shape index (κ2) is 5.52. The largest absolute Gasteiger partial charge is 0.497 e. The first kappa shape index (κ1) is 13.1. The highest BCUT2D eigenvalue weighted by atomic mass is 16.5. The molecule has 4 heteroatoms. The van der Waals surface area contributed by atoms with Crippen LogP contribution in [0.5, 0.6) is 11.5 Å². The van der Waals surface area contributed by atoms with E-state index in [9.17, 15) is 0 Å². The van der Waals surface area contributed by atoms with Crippen LogP contribution < -0.4 is 20.5 Å². The average molecular weight is 258 g/mol. The van der Waals surface area contributed by atoms with Gasteiger partial charge in [0.25, 0.3) is 0 Å². The van der Waals surface area contributed by atoms with Crippen molar-refractivity contribution in [3.8, 4) is 11.5 Å². The van der Waals surface area contributed by atoms with Crippen molar-refractivity contribution in [1.82, 2.24) is 0 Å². The highest BCUT2D eigenvalue weighted by Crippen LogP contribution is 2.33. The van der Waals surface area contributed by atoms with Gasteiger partial charge >= 0.3 is 0 Å². The molecule has 0 bridgehead atoms. The number of nitrogens with two attached hydrogens (primary N) is 1. The maximum Gasteiger partial charge on any atom is 0.142 e. The van der Waals surface area contributed by atoms with Crippen LogP contribution in [0, 0.1) is 6.92 Å². The van der Waals surface area contributed by atoms with Gasteiger partial charge in [-0.3, -0.25) is 0 Å². The Morgan fingerprint density at radius 2 is 1.74 bits per heavy atom. The summed E-state index contributed by atoms with van der Waals surface area (Å²) in [5.41, 5.74) is 9.46. The summed E-state index contributed by atoms with van der Waals surface area (Å²) in [6.45, 7) is 2.02. The van der Waals surface area contributed by atoms with Crippen LogP contribution in [0.15, 0.2) is 36.4 Å². The Labute approximate surface area is 113 Å². The van der Waals surface area contributed by atoms with Gasteiger partial charge in [-0.05, 0) is 36.8 Å². The monoisotopic (exact) mass is 258 g/mol. The highest BCUT2D eigenvalue weighted by molar-refractivity contribution is 5.76. The first-order chi connectivity index (χ1) is 9.13. The number of anilines is 3. The van der Waals surface area contributed by atoms with Crippen molar-refractivity contribution in [3.05, 3.63) is 42.0 Å². The Kier molecular flexibility index (Phi) is 3.80. The first-order valence-electron chi connectivity index (χ1n) is 5.99. The van der Waals surface area contributed by atoms with Gasteiger partial charge in [0.1, 0.15) is 11.5 Å². The maximum absolute atomic E-state index is 5.96. The fraction of sp³-hybridized carbons (Fsp3) is 0.200. The molecule has 100 valence electrons. The number of nitrogens with one attached hydrogen (secondary N) is 1. The Morgan fingerprint density at radius 3 is 2.42 bits per heavy atom. The van der Waals surface area contributed by atoms with E-state index >= 15 is 0 Å². The van der Waals surface area contributed by atoms with E-state index in [2.05, 4.69) is 5.32 Å². The lowest BCUT2D eigenvalue weighted by Crippen LogP contribution is -1.99. The normalized spacial score (nSPS) is 10.1. The van der Waals surface area contributed by atoms with E-state index in [1.807, 2.05) is 43.3 Å². The van der Waals surface area contributed by atoms with Gasteiger partial charge in [0, 0.05) is 6.07 Å². The van der Waals surface area contributed by atoms with Crippen molar-refractivity contribution in [3.63, 3.8) is 0 Å². The molecule has 2 aromatic carbocycles. The molecule has 3 N–H and O–H groups in total. The van der Waals surface area contributed by atoms with Crippen molar-refractivity contribution in [1.29, 1.82) is 0 Å². The zero-order valence-electron chi connectivity index (χ0n) is 11.4. The molecular formula is C15H18N2O2. The third-order valence-corrected chi connectivity index (χ3v) is 2.88. The number of rotatable bonds is 4. The minimum atomic E-state index is 0.690. The Morgan fingerprint density at radius 1 is 0.947 bits per heavy atom. The van der Waals surface area contributed by atoms with Gasteiger partial charge in [0.15, 0.2) is 0 Å². The number of nitrogen functional groups attached to an aromatic ring is 1. The molecule has 0 unspecified atom stereocenters. The van der Waals surface area contributed by atoms with E-state index < -0.39 is 0 Å². The molecule has 0 saturated carbocycles. The fourth-order valence-corrected chi connectivity index (χ4v) is 1.84. The molecule has 0 fully saturated rings. The number of benzene rings is 2. The van der Waals surface area contributed by atoms with Crippen molar-refractivity contribution < 1.29 is 9.47 Å². The van der Waals surface area contributed by atoms with Crippen LogP contribution >= 0.6 is 0 Å². The number of methoxy groups -OCH3 is 2. The summed E-state index contributed by atoms with van der Waals surface area (Å²) in [6, 6.07) is 11.4. The van der Waals surface area contributed by atoms with Crippen LogP contribution in [0.1, 0.15) is 5.56 Å². The Balaban J connectivity index is 2.38. The van der Waals surface area contributed by atoms with Crippen molar-refractivity contribution in [2.75, 3.05) is 25.3 Å². The summed E-state index contributed by atoms with van der Waals surface area (Å²) < 4.78 is 10.5. The molecule has 0 amide bonds. The molecule has 0 heterocycles. The summed E-state index contributed by atoms with van der Waals surface area (Å²) in [7, 11) is 3.26. The van der Waals surface area contributed by atoms with Crippen LogP contribution in [0.3, 0.4) is 0 Å². The van der Waals surface area contributed by atoms with Gasteiger partial charge < -0.3 is 20.5 Å². The maximum atomic E-state index is 5.96. The fourth-order valence-electron chi connectivity index (χ4n) is 1.84. The Hall–Kier alpha value is -2.36. The zero-order chi connectivity index (χ0) is 13.8. The van der Waals surface area contributed by atoms with E-state index in [4.69, 9.17) is 15.2 Å². The smallest absolute Gasteiger partial charge is 0.142 e. The van der Waals surface area contributed by atoms with Crippen molar-refractivity contribution in [2.45, 2.75) is 6.92 Å². The van der Waals surface area contributed by atoms with Gasteiger partial charge in [-0.25, -0.2) is 0 Å². The van der Waals surface area contributed by atoms with Crippen LogP contribution in [-0.2, 0) is 0 Å². The molecule has 0 aliphatic carbocycles. The lowest BCUT2D eigenvalue weighted by molar-refractivity contribution is 0.405. The van der Waals surface area contributed by atoms with Crippen molar-refractivity contribution >= 4 is 17.1 Å². The summed E-state index contributed by atoms with van der Waals surface area (Å²) >= 11 is 0. The molecule has 0 saturated heterocycles. The third-order valence-electron chi connectivity index (χ3n) is 2.88. The molecule has 0 aromatic heterocycles. The second-order valence-corrected chi connectivity index (χ2v) is 4.28. The van der Waals surface area contributed by atoms with Gasteiger partial charge in [0.05, 0.1) is 31.3 Å². The predicted octanol–water partition coefficient (Wildman–Crippen LogP) is 3.34. The molecule has 19 heavy (non-hydrogen) atoms. The van der Waals surface area contributed by atoms with Gasteiger partial charge in [-0.15, -0.1) is 0 Å². The lowest BCUT2D eigenvalue weighted by atomic mass is 10.2. The van der Waals surface area contributed by atoms with E-state index in [-0.39, 0.29) is 0 Å². The average Bonchev–Trinajstić information content (AvgIpc) is 2.42. The second-order valence-electron chi connectivity index (χ2n) is 4.28. The van der Waals surface area contributed by atoms with Gasteiger partial charge in [0.2, 0.25) is 0 Å². The molecular weight excluding hydrogens is 240 g/mol. The molecule has 0 spiro atoms. The quantitative estimate of drug-likeness (QED) is 0.826. The van der Waals surface area contributed by atoms with E-state index in [1.165, 1.54) is 0 Å². The molecule has 0 aliphatic rings. The van der Waals surface area contributed by atoms with Crippen LogP contribution in [0.4, 0.5) is 17.1 Å². The Bertz CT molecular complexity index is 582. The lowest BCUT2D eigenvalue weighted by Gasteiger charge is -2.14. The number of ether oxygens (including phenoxy) is 2. The van der Waals surface area contributed by atoms with E-state index in [0.717, 1.165) is 28.4 Å². The van der Waals surface area contributed by atoms with Crippen LogP contribution in [0.25, 0.3) is 0 Å². The third kappa shape index (κ3) is 2.91. The number of hydrogen-bond acceptors (Lipinski definition) is 4. The number of hydrogen-bond donors (Lipinski definition) is 2. The zero-order valence-corrected chi connectivity index (χ0v) is 11.4. The minimum absolute atomic E-state index is 0.690.